The first-order valence-electron chi connectivity index (χ1n) is 9.50. The molecule has 0 bridgehead atoms. The first-order valence-corrected chi connectivity index (χ1v) is 10.9. The maximum absolute atomic E-state index is 13.4. The quantitative estimate of drug-likeness (QED) is 0.658. The molecule has 152 valence electrons. The van der Waals surface area contributed by atoms with Gasteiger partial charge in [-0.05, 0) is 50.2 Å². The molecule has 0 spiro atoms. The molecule has 29 heavy (non-hydrogen) atoms. The summed E-state index contributed by atoms with van der Waals surface area (Å²) in [5.74, 6) is -0.281. The van der Waals surface area contributed by atoms with Crippen LogP contribution in [0.2, 0.25) is 0 Å². The fourth-order valence-corrected chi connectivity index (χ4v) is 5.57. The van der Waals surface area contributed by atoms with E-state index in [1.165, 1.54) is 16.4 Å². The number of rotatable bonds is 4. The molecular formula is C21H23FN4O2S. The lowest BCUT2D eigenvalue weighted by Crippen LogP contribution is -2.48. The zero-order valence-electron chi connectivity index (χ0n) is 16.4. The third kappa shape index (κ3) is 3.65. The Morgan fingerprint density at radius 2 is 1.48 bits per heavy atom. The van der Waals surface area contributed by atoms with Crippen molar-refractivity contribution in [3.05, 3.63) is 71.8 Å². The highest BCUT2D eigenvalue weighted by Gasteiger charge is 2.33. The minimum Gasteiger partial charge on any atom is -0.369 e. The van der Waals surface area contributed by atoms with Crippen molar-refractivity contribution in [2.75, 3.05) is 31.1 Å². The summed E-state index contributed by atoms with van der Waals surface area (Å²) in [4.78, 5) is 2.34. The van der Waals surface area contributed by atoms with E-state index >= 15 is 0 Å². The molecule has 0 N–H and O–H groups in total. The van der Waals surface area contributed by atoms with Crippen molar-refractivity contribution in [3.8, 4) is 5.69 Å². The van der Waals surface area contributed by atoms with Gasteiger partial charge in [-0.15, -0.1) is 0 Å². The van der Waals surface area contributed by atoms with Gasteiger partial charge < -0.3 is 4.90 Å². The molecular weight excluding hydrogens is 391 g/mol. The molecule has 1 fully saturated rings. The second-order valence-corrected chi connectivity index (χ2v) is 8.99. The van der Waals surface area contributed by atoms with E-state index in [1.807, 2.05) is 30.3 Å². The van der Waals surface area contributed by atoms with Crippen LogP contribution < -0.4 is 4.90 Å². The minimum atomic E-state index is -3.66. The standard InChI is InChI=1S/C21H23FN4O2S/c1-16-21(17(2)26(23-16)20-6-4-3-5-7-20)29(27,28)25-14-12-24(13-15-25)19-10-8-18(22)9-11-19/h3-11H,12-15H2,1-2H3. The van der Waals surface area contributed by atoms with Crippen molar-refractivity contribution in [1.82, 2.24) is 14.1 Å². The molecule has 0 amide bonds. The van der Waals surface area contributed by atoms with Crippen LogP contribution in [0.4, 0.5) is 10.1 Å². The van der Waals surface area contributed by atoms with Crippen LogP contribution in [0.25, 0.3) is 5.69 Å². The first kappa shape index (κ1) is 19.6. The van der Waals surface area contributed by atoms with Crippen LogP contribution in [0.1, 0.15) is 11.4 Å². The zero-order valence-corrected chi connectivity index (χ0v) is 17.2. The van der Waals surface area contributed by atoms with Crippen molar-refractivity contribution < 1.29 is 12.8 Å². The molecule has 1 aromatic heterocycles. The van der Waals surface area contributed by atoms with Gasteiger partial charge in [0.05, 0.1) is 17.1 Å². The number of anilines is 1. The fraction of sp³-hybridized carbons (Fsp3) is 0.286. The van der Waals surface area contributed by atoms with E-state index in [2.05, 4.69) is 10.00 Å². The van der Waals surface area contributed by atoms with Crippen LogP contribution in [0.15, 0.2) is 59.5 Å². The summed E-state index contributed by atoms with van der Waals surface area (Å²) in [5, 5.41) is 4.48. The molecule has 1 aliphatic rings. The third-order valence-corrected chi connectivity index (χ3v) is 7.41. The monoisotopic (exact) mass is 414 g/mol. The smallest absolute Gasteiger partial charge is 0.246 e. The topological polar surface area (TPSA) is 58.4 Å². The summed E-state index contributed by atoms with van der Waals surface area (Å²) < 4.78 is 43.1. The van der Waals surface area contributed by atoms with Gasteiger partial charge in [0.25, 0.3) is 0 Å². The van der Waals surface area contributed by atoms with Gasteiger partial charge >= 0.3 is 0 Å². The van der Waals surface area contributed by atoms with Gasteiger partial charge in [0.1, 0.15) is 10.7 Å². The lowest BCUT2D eigenvalue weighted by atomic mass is 10.2. The highest BCUT2D eigenvalue weighted by atomic mass is 32.2. The second-order valence-electron chi connectivity index (χ2n) is 7.11. The summed E-state index contributed by atoms with van der Waals surface area (Å²) in [7, 11) is -3.66. The minimum absolute atomic E-state index is 0.275. The highest BCUT2D eigenvalue weighted by molar-refractivity contribution is 7.89. The second kappa shape index (κ2) is 7.61. The van der Waals surface area contributed by atoms with E-state index in [1.54, 1.807) is 30.7 Å². The van der Waals surface area contributed by atoms with Crippen LogP contribution in [0.5, 0.6) is 0 Å². The molecule has 0 aliphatic carbocycles. The van der Waals surface area contributed by atoms with Crippen molar-refractivity contribution in [2.24, 2.45) is 0 Å². The molecule has 8 heteroatoms. The number of para-hydroxylation sites is 1. The van der Waals surface area contributed by atoms with Crippen molar-refractivity contribution >= 4 is 15.7 Å². The van der Waals surface area contributed by atoms with Crippen LogP contribution in [-0.4, -0.2) is 48.7 Å². The summed E-state index contributed by atoms with van der Waals surface area (Å²) in [6.07, 6.45) is 0. The Kier molecular flexibility index (Phi) is 5.14. The molecule has 0 atom stereocenters. The van der Waals surface area contributed by atoms with Gasteiger partial charge in [-0.2, -0.15) is 9.40 Å². The summed E-state index contributed by atoms with van der Waals surface area (Å²) in [6, 6.07) is 15.8. The maximum atomic E-state index is 13.4. The Morgan fingerprint density at radius 1 is 0.862 bits per heavy atom. The molecule has 4 rings (SSSR count). The molecule has 2 aromatic carbocycles. The summed E-state index contributed by atoms with van der Waals surface area (Å²) in [6.45, 7) is 5.36. The molecule has 2 heterocycles. The van der Waals surface area contributed by atoms with Crippen LogP contribution >= 0.6 is 0 Å². The van der Waals surface area contributed by atoms with Crippen LogP contribution in [0, 0.1) is 19.7 Å². The van der Waals surface area contributed by atoms with Gasteiger partial charge in [-0.3, -0.25) is 0 Å². The van der Waals surface area contributed by atoms with E-state index in [-0.39, 0.29) is 10.7 Å². The number of aromatic nitrogens is 2. The molecule has 3 aromatic rings. The Bertz CT molecular complexity index is 1100. The van der Waals surface area contributed by atoms with E-state index in [4.69, 9.17) is 0 Å². The Labute approximate surface area is 170 Å². The predicted octanol–water partition coefficient (Wildman–Crippen LogP) is 3.14. The number of sulfonamides is 1. The van der Waals surface area contributed by atoms with E-state index < -0.39 is 10.0 Å². The van der Waals surface area contributed by atoms with Gasteiger partial charge in [0.15, 0.2) is 0 Å². The van der Waals surface area contributed by atoms with E-state index in [0.717, 1.165) is 11.4 Å². The van der Waals surface area contributed by atoms with Crippen molar-refractivity contribution in [1.29, 1.82) is 0 Å². The van der Waals surface area contributed by atoms with Crippen molar-refractivity contribution in [3.63, 3.8) is 0 Å². The molecule has 1 aliphatic heterocycles. The number of piperazine rings is 1. The molecule has 1 saturated heterocycles. The average molecular weight is 415 g/mol. The molecule has 0 radical (unpaired) electrons. The molecule has 0 unspecified atom stereocenters. The Balaban J connectivity index is 1.57. The molecule has 6 nitrogen and oxygen atoms in total. The lowest BCUT2D eigenvalue weighted by Gasteiger charge is -2.35. The molecule has 0 saturated carbocycles. The number of hydrogen-bond donors (Lipinski definition) is 0. The van der Waals surface area contributed by atoms with Crippen molar-refractivity contribution in [2.45, 2.75) is 18.7 Å². The lowest BCUT2D eigenvalue weighted by molar-refractivity contribution is 0.384. The SMILES string of the molecule is Cc1nn(-c2ccccc2)c(C)c1S(=O)(=O)N1CCN(c2ccc(F)cc2)CC1. The maximum Gasteiger partial charge on any atom is 0.246 e. The fourth-order valence-electron chi connectivity index (χ4n) is 3.79. The van der Waals surface area contributed by atoms with Crippen LogP contribution in [0.3, 0.4) is 0 Å². The number of halogens is 1. The van der Waals surface area contributed by atoms with E-state index in [9.17, 15) is 12.8 Å². The number of nitrogens with zero attached hydrogens (tertiary/aromatic N) is 4. The van der Waals surface area contributed by atoms with Crippen LogP contribution in [-0.2, 0) is 10.0 Å². The zero-order chi connectivity index (χ0) is 20.6. The Hall–Kier alpha value is -2.71. The van der Waals surface area contributed by atoms with E-state index in [0.29, 0.717) is 37.6 Å². The Morgan fingerprint density at radius 3 is 2.10 bits per heavy atom. The highest BCUT2D eigenvalue weighted by Crippen LogP contribution is 2.27. The summed E-state index contributed by atoms with van der Waals surface area (Å²) in [5.41, 5.74) is 2.82. The number of aryl methyl sites for hydroxylation is 1. The first-order chi connectivity index (χ1) is 13.9. The van der Waals surface area contributed by atoms with Gasteiger partial charge in [0.2, 0.25) is 10.0 Å². The van der Waals surface area contributed by atoms with Gasteiger partial charge in [-0.25, -0.2) is 17.5 Å². The largest absolute Gasteiger partial charge is 0.369 e. The number of hydrogen-bond acceptors (Lipinski definition) is 4. The summed E-state index contributed by atoms with van der Waals surface area (Å²) >= 11 is 0. The van der Waals surface area contributed by atoms with Gasteiger partial charge in [0, 0.05) is 31.9 Å². The predicted molar refractivity (Wildman–Crippen MR) is 110 cm³/mol. The number of benzene rings is 2. The normalized spacial score (nSPS) is 15.6. The third-order valence-electron chi connectivity index (χ3n) is 5.25. The van der Waals surface area contributed by atoms with Gasteiger partial charge in [-0.1, -0.05) is 18.2 Å². The average Bonchev–Trinajstić information content (AvgIpc) is 3.04.